The number of hydrogen-bond acceptors (Lipinski definition) is 6. The average Bonchev–Trinajstić information content (AvgIpc) is 2.62. The number of carbonyl (C=O) groups is 1. The number of amides is 1. The second-order valence-electron chi connectivity index (χ2n) is 5.26. The van der Waals surface area contributed by atoms with Gasteiger partial charge in [-0.05, 0) is 25.5 Å². The summed E-state index contributed by atoms with van der Waals surface area (Å²) in [6, 6.07) is 7.08. The highest BCUT2D eigenvalue weighted by Gasteiger charge is 2.12. The van der Waals surface area contributed by atoms with Crippen molar-refractivity contribution in [2.24, 2.45) is 0 Å². The number of anilines is 2. The van der Waals surface area contributed by atoms with Crippen LogP contribution in [0, 0.1) is 0 Å². The molecule has 2 rings (SSSR count). The first-order valence-electron chi connectivity index (χ1n) is 7.69. The normalized spacial score (nSPS) is 11.5. The molecule has 0 saturated carbocycles. The number of aromatic nitrogens is 2. The van der Waals surface area contributed by atoms with Crippen LogP contribution >= 0.6 is 0 Å². The lowest BCUT2D eigenvalue weighted by atomic mass is 10.2. The van der Waals surface area contributed by atoms with Crippen LogP contribution in [0.1, 0.15) is 30.8 Å². The minimum Gasteiger partial charge on any atom is -0.497 e. The third-order valence-corrected chi connectivity index (χ3v) is 3.56. The second kappa shape index (κ2) is 8.14. The Morgan fingerprint density at radius 3 is 2.67 bits per heavy atom. The summed E-state index contributed by atoms with van der Waals surface area (Å²) >= 11 is 0. The van der Waals surface area contributed by atoms with E-state index in [1.54, 1.807) is 26.4 Å². The van der Waals surface area contributed by atoms with E-state index in [0.717, 1.165) is 6.42 Å². The van der Waals surface area contributed by atoms with Crippen LogP contribution in [0.25, 0.3) is 0 Å². The van der Waals surface area contributed by atoms with Crippen molar-refractivity contribution >= 4 is 17.4 Å². The molecule has 1 heterocycles. The SMILES string of the molecule is CCC(C)NC(=O)c1cc(Nc2ccc(OC)cc2OC)ncn1. The highest BCUT2D eigenvalue weighted by molar-refractivity contribution is 5.93. The summed E-state index contributed by atoms with van der Waals surface area (Å²) in [4.78, 5) is 20.3. The van der Waals surface area contributed by atoms with Gasteiger partial charge >= 0.3 is 0 Å². The molecular formula is C17H22N4O3. The number of ether oxygens (including phenoxy) is 2. The maximum absolute atomic E-state index is 12.2. The average molecular weight is 330 g/mol. The Morgan fingerprint density at radius 1 is 1.21 bits per heavy atom. The van der Waals surface area contributed by atoms with Gasteiger partial charge in [0.05, 0.1) is 19.9 Å². The van der Waals surface area contributed by atoms with Crippen LogP contribution in [0.4, 0.5) is 11.5 Å². The molecule has 0 aliphatic rings. The first-order valence-corrected chi connectivity index (χ1v) is 7.69. The van der Waals surface area contributed by atoms with Crippen LogP contribution in [0.5, 0.6) is 11.5 Å². The van der Waals surface area contributed by atoms with Crippen LogP contribution in [-0.4, -0.2) is 36.1 Å². The topological polar surface area (TPSA) is 85.4 Å². The van der Waals surface area contributed by atoms with Gasteiger partial charge in [0.1, 0.15) is 29.3 Å². The summed E-state index contributed by atoms with van der Waals surface area (Å²) in [6.45, 7) is 3.95. The van der Waals surface area contributed by atoms with Crippen LogP contribution in [0.15, 0.2) is 30.6 Å². The lowest BCUT2D eigenvalue weighted by Gasteiger charge is -2.13. The summed E-state index contributed by atoms with van der Waals surface area (Å²) in [5, 5.41) is 6.00. The number of hydrogen-bond donors (Lipinski definition) is 2. The molecule has 7 nitrogen and oxygen atoms in total. The second-order valence-corrected chi connectivity index (χ2v) is 5.26. The van der Waals surface area contributed by atoms with Crippen molar-refractivity contribution in [2.45, 2.75) is 26.3 Å². The number of nitrogens with one attached hydrogen (secondary N) is 2. The monoisotopic (exact) mass is 330 g/mol. The fourth-order valence-electron chi connectivity index (χ4n) is 1.99. The van der Waals surface area contributed by atoms with Gasteiger partial charge in [-0.3, -0.25) is 4.79 Å². The Kier molecular flexibility index (Phi) is 5.95. The van der Waals surface area contributed by atoms with E-state index in [-0.39, 0.29) is 11.9 Å². The molecule has 2 N–H and O–H groups in total. The quantitative estimate of drug-likeness (QED) is 0.812. The van der Waals surface area contributed by atoms with Gasteiger partial charge in [-0.25, -0.2) is 9.97 Å². The molecule has 128 valence electrons. The van der Waals surface area contributed by atoms with Crippen molar-refractivity contribution in [2.75, 3.05) is 19.5 Å². The molecule has 0 aliphatic heterocycles. The first-order chi connectivity index (χ1) is 11.6. The van der Waals surface area contributed by atoms with Gasteiger partial charge in [-0.2, -0.15) is 0 Å². The Morgan fingerprint density at radius 2 is 2.00 bits per heavy atom. The summed E-state index contributed by atoms with van der Waals surface area (Å²) in [7, 11) is 3.17. The van der Waals surface area contributed by atoms with Crippen LogP contribution < -0.4 is 20.1 Å². The van der Waals surface area contributed by atoms with Gasteiger partial charge in [0.2, 0.25) is 0 Å². The van der Waals surface area contributed by atoms with Gasteiger partial charge < -0.3 is 20.1 Å². The molecule has 2 aromatic rings. The van der Waals surface area contributed by atoms with E-state index in [1.165, 1.54) is 6.33 Å². The van der Waals surface area contributed by atoms with Crippen molar-refractivity contribution in [1.29, 1.82) is 0 Å². The molecule has 1 aromatic carbocycles. The Labute approximate surface area is 141 Å². The largest absolute Gasteiger partial charge is 0.497 e. The molecule has 24 heavy (non-hydrogen) atoms. The van der Waals surface area contributed by atoms with Crippen LogP contribution in [-0.2, 0) is 0 Å². The van der Waals surface area contributed by atoms with E-state index >= 15 is 0 Å². The smallest absolute Gasteiger partial charge is 0.270 e. The maximum Gasteiger partial charge on any atom is 0.270 e. The summed E-state index contributed by atoms with van der Waals surface area (Å²) in [6.07, 6.45) is 2.20. The molecule has 0 bridgehead atoms. The van der Waals surface area contributed by atoms with Crippen LogP contribution in [0.2, 0.25) is 0 Å². The predicted molar refractivity (Wildman–Crippen MR) is 92.1 cm³/mol. The molecule has 1 unspecified atom stereocenters. The van der Waals surface area contributed by atoms with E-state index < -0.39 is 0 Å². The fraction of sp³-hybridized carbons (Fsp3) is 0.353. The van der Waals surface area contributed by atoms with Crippen LogP contribution in [0.3, 0.4) is 0 Å². The van der Waals surface area contributed by atoms with Crippen molar-refractivity contribution in [3.05, 3.63) is 36.3 Å². The maximum atomic E-state index is 12.2. The number of rotatable bonds is 7. The molecule has 1 aromatic heterocycles. The van der Waals surface area contributed by atoms with E-state index in [1.807, 2.05) is 26.0 Å². The molecule has 0 spiro atoms. The van der Waals surface area contributed by atoms with Gasteiger partial charge in [0, 0.05) is 18.2 Å². The summed E-state index contributed by atoms with van der Waals surface area (Å²) in [5.41, 5.74) is 1.02. The Balaban J connectivity index is 2.19. The minimum absolute atomic E-state index is 0.0885. The summed E-state index contributed by atoms with van der Waals surface area (Å²) in [5.74, 6) is 1.58. The van der Waals surface area contributed by atoms with Gasteiger partial charge in [0.25, 0.3) is 5.91 Å². The van der Waals surface area contributed by atoms with Crippen molar-refractivity contribution < 1.29 is 14.3 Å². The van der Waals surface area contributed by atoms with Crippen molar-refractivity contribution in [1.82, 2.24) is 15.3 Å². The van der Waals surface area contributed by atoms with E-state index in [9.17, 15) is 4.79 Å². The summed E-state index contributed by atoms with van der Waals surface area (Å²) < 4.78 is 10.5. The Bertz CT molecular complexity index is 706. The molecular weight excluding hydrogens is 308 g/mol. The van der Waals surface area contributed by atoms with E-state index in [2.05, 4.69) is 20.6 Å². The zero-order valence-corrected chi connectivity index (χ0v) is 14.3. The van der Waals surface area contributed by atoms with Gasteiger partial charge in [-0.15, -0.1) is 0 Å². The van der Waals surface area contributed by atoms with E-state index in [0.29, 0.717) is 28.7 Å². The van der Waals surface area contributed by atoms with E-state index in [4.69, 9.17) is 9.47 Å². The standard InChI is InChI=1S/C17H22N4O3/c1-5-11(2)20-17(22)14-9-16(19-10-18-14)21-13-7-6-12(23-3)8-15(13)24-4/h6-11H,5H2,1-4H3,(H,20,22)(H,18,19,21). The predicted octanol–water partition coefficient (Wildman–Crippen LogP) is 2.77. The number of benzene rings is 1. The van der Waals surface area contributed by atoms with Crippen molar-refractivity contribution in [3.63, 3.8) is 0 Å². The highest BCUT2D eigenvalue weighted by atomic mass is 16.5. The third-order valence-electron chi connectivity index (χ3n) is 3.56. The lowest BCUT2D eigenvalue weighted by Crippen LogP contribution is -2.32. The Hall–Kier alpha value is -2.83. The molecule has 0 saturated heterocycles. The molecule has 0 radical (unpaired) electrons. The number of nitrogens with zero attached hydrogens (tertiary/aromatic N) is 2. The molecule has 1 amide bonds. The van der Waals surface area contributed by atoms with Crippen molar-refractivity contribution in [3.8, 4) is 11.5 Å². The molecule has 0 aliphatic carbocycles. The number of methoxy groups -OCH3 is 2. The third kappa shape index (κ3) is 4.34. The first kappa shape index (κ1) is 17.5. The van der Waals surface area contributed by atoms with Gasteiger partial charge in [-0.1, -0.05) is 6.92 Å². The molecule has 1 atom stereocenters. The zero-order valence-electron chi connectivity index (χ0n) is 14.3. The highest BCUT2D eigenvalue weighted by Crippen LogP contribution is 2.30. The van der Waals surface area contributed by atoms with Gasteiger partial charge in [0.15, 0.2) is 0 Å². The minimum atomic E-state index is -0.225. The molecule has 0 fully saturated rings. The zero-order chi connectivity index (χ0) is 17.5. The fourth-order valence-corrected chi connectivity index (χ4v) is 1.99. The number of carbonyl (C=O) groups excluding carboxylic acids is 1. The lowest BCUT2D eigenvalue weighted by molar-refractivity contribution is 0.0934. The molecule has 7 heteroatoms.